The van der Waals surface area contributed by atoms with Crippen LogP contribution in [0.1, 0.15) is 10.4 Å². The maximum absolute atomic E-state index is 12.4. The number of aromatic nitrogens is 1. The van der Waals surface area contributed by atoms with E-state index in [1.165, 1.54) is 0 Å². The van der Waals surface area contributed by atoms with Crippen LogP contribution >= 0.6 is 0 Å². The Labute approximate surface area is 157 Å². The topological polar surface area (TPSA) is 43.3 Å². The van der Waals surface area contributed by atoms with Crippen molar-refractivity contribution in [3.8, 4) is 17.2 Å². The molecule has 0 saturated carbocycles. The summed E-state index contributed by atoms with van der Waals surface area (Å²) in [5.74, 6) is 1.35. The highest BCUT2D eigenvalue weighted by Gasteiger charge is 2.07. The zero-order chi connectivity index (χ0) is 18.5. The van der Waals surface area contributed by atoms with E-state index in [9.17, 15) is 4.79 Å². The summed E-state index contributed by atoms with van der Waals surface area (Å²) in [5.41, 5.74) is 2.34. The normalized spacial score (nSPS) is 10.4. The van der Waals surface area contributed by atoms with Crippen molar-refractivity contribution in [3.63, 3.8) is 0 Å². The van der Waals surface area contributed by atoms with E-state index in [1.807, 2.05) is 108 Å². The number of nitrogens with one attached hydrogen (secondary N) is 1. The Bertz CT molecular complexity index is 1010. The summed E-state index contributed by atoms with van der Waals surface area (Å²) in [5, 5.41) is 2.90. The standard InChI is InChI=1S/C23H18N2O2/c26-23(18-8-12-20(13-9-18)25-16-4-5-17-25)24-19-10-14-22(15-11-19)27-21-6-2-1-3-7-21/h1-17H,(H,24,26). The molecule has 1 N–H and O–H groups in total. The molecule has 1 heterocycles. The van der Waals surface area contributed by atoms with Gasteiger partial charge < -0.3 is 14.6 Å². The number of hydrogen-bond donors (Lipinski definition) is 1. The van der Waals surface area contributed by atoms with Gasteiger partial charge in [0.25, 0.3) is 5.91 Å². The van der Waals surface area contributed by atoms with Gasteiger partial charge in [-0.05, 0) is 72.8 Å². The van der Waals surface area contributed by atoms with E-state index in [1.54, 1.807) is 0 Å². The zero-order valence-corrected chi connectivity index (χ0v) is 14.6. The van der Waals surface area contributed by atoms with E-state index < -0.39 is 0 Å². The van der Waals surface area contributed by atoms with E-state index in [0.717, 1.165) is 22.9 Å². The van der Waals surface area contributed by atoms with E-state index in [0.29, 0.717) is 5.56 Å². The average Bonchev–Trinajstić information content (AvgIpc) is 3.25. The van der Waals surface area contributed by atoms with Crippen molar-refractivity contribution in [1.29, 1.82) is 0 Å². The van der Waals surface area contributed by atoms with Gasteiger partial charge in [0.1, 0.15) is 11.5 Å². The molecule has 0 saturated heterocycles. The van der Waals surface area contributed by atoms with Crippen molar-refractivity contribution in [1.82, 2.24) is 4.57 Å². The molecule has 0 atom stereocenters. The molecule has 4 rings (SSSR count). The smallest absolute Gasteiger partial charge is 0.255 e. The summed E-state index contributed by atoms with van der Waals surface area (Å²) >= 11 is 0. The molecule has 4 heteroatoms. The van der Waals surface area contributed by atoms with Crippen LogP contribution in [0.25, 0.3) is 5.69 Å². The Morgan fingerprint density at radius 3 is 2.00 bits per heavy atom. The number of carbonyl (C=O) groups excluding carboxylic acids is 1. The van der Waals surface area contributed by atoms with E-state index >= 15 is 0 Å². The molecule has 27 heavy (non-hydrogen) atoms. The van der Waals surface area contributed by atoms with Crippen LogP contribution in [-0.2, 0) is 0 Å². The quantitative estimate of drug-likeness (QED) is 0.513. The first-order valence-electron chi connectivity index (χ1n) is 8.66. The van der Waals surface area contributed by atoms with Crippen molar-refractivity contribution >= 4 is 11.6 Å². The number of benzene rings is 3. The lowest BCUT2D eigenvalue weighted by Gasteiger charge is -2.09. The highest BCUT2D eigenvalue weighted by atomic mass is 16.5. The number of amides is 1. The van der Waals surface area contributed by atoms with Gasteiger partial charge in [-0.2, -0.15) is 0 Å². The molecule has 0 aliphatic rings. The Morgan fingerprint density at radius 2 is 1.33 bits per heavy atom. The highest BCUT2D eigenvalue weighted by Crippen LogP contribution is 2.23. The molecular weight excluding hydrogens is 336 g/mol. The molecule has 132 valence electrons. The van der Waals surface area contributed by atoms with Gasteiger partial charge in [-0.1, -0.05) is 18.2 Å². The SMILES string of the molecule is O=C(Nc1ccc(Oc2ccccc2)cc1)c1ccc(-n2cccc2)cc1. The summed E-state index contributed by atoms with van der Waals surface area (Å²) in [6, 6.07) is 28.3. The fourth-order valence-electron chi connectivity index (χ4n) is 2.73. The molecule has 0 aliphatic heterocycles. The van der Waals surface area contributed by atoms with Crippen molar-refractivity contribution < 1.29 is 9.53 Å². The Hall–Kier alpha value is -3.79. The molecule has 0 unspecified atom stereocenters. The monoisotopic (exact) mass is 354 g/mol. The van der Waals surface area contributed by atoms with Gasteiger partial charge in [-0.15, -0.1) is 0 Å². The predicted octanol–water partition coefficient (Wildman–Crippen LogP) is 5.52. The van der Waals surface area contributed by atoms with Gasteiger partial charge in [-0.3, -0.25) is 4.79 Å². The third kappa shape index (κ3) is 4.07. The second-order valence-corrected chi connectivity index (χ2v) is 6.03. The average molecular weight is 354 g/mol. The molecule has 3 aromatic carbocycles. The minimum Gasteiger partial charge on any atom is -0.457 e. The summed E-state index contributed by atoms with van der Waals surface area (Å²) in [4.78, 5) is 12.4. The number of hydrogen-bond acceptors (Lipinski definition) is 2. The highest BCUT2D eigenvalue weighted by molar-refractivity contribution is 6.04. The van der Waals surface area contributed by atoms with Crippen LogP contribution < -0.4 is 10.1 Å². The van der Waals surface area contributed by atoms with Gasteiger partial charge in [-0.25, -0.2) is 0 Å². The summed E-state index contributed by atoms with van der Waals surface area (Å²) in [6.45, 7) is 0. The van der Waals surface area contributed by atoms with Crippen LogP contribution in [0, 0.1) is 0 Å². The lowest BCUT2D eigenvalue weighted by Crippen LogP contribution is -2.11. The molecule has 0 bridgehead atoms. The first-order chi connectivity index (χ1) is 13.3. The van der Waals surface area contributed by atoms with E-state index in [-0.39, 0.29) is 5.91 Å². The molecule has 1 amide bonds. The van der Waals surface area contributed by atoms with Gasteiger partial charge in [0.05, 0.1) is 0 Å². The molecule has 4 nitrogen and oxygen atoms in total. The first-order valence-corrected chi connectivity index (χ1v) is 8.66. The molecule has 0 aliphatic carbocycles. The lowest BCUT2D eigenvalue weighted by atomic mass is 10.2. The first kappa shape index (κ1) is 16.7. The van der Waals surface area contributed by atoms with Crippen LogP contribution in [0.5, 0.6) is 11.5 Å². The number of carbonyl (C=O) groups is 1. The van der Waals surface area contributed by atoms with Gasteiger partial charge in [0.15, 0.2) is 0 Å². The van der Waals surface area contributed by atoms with Crippen LogP contribution in [0.3, 0.4) is 0 Å². The van der Waals surface area contributed by atoms with Crippen molar-refractivity contribution in [2.45, 2.75) is 0 Å². The zero-order valence-electron chi connectivity index (χ0n) is 14.6. The van der Waals surface area contributed by atoms with Crippen LogP contribution in [0.2, 0.25) is 0 Å². The fraction of sp³-hybridized carbons (Fsp3) is 0. The van der Waals surface area contributed by atoms with E-state index in [4.69, 9.17) is 4.74 Å². The molecule has 0 spiro atoms. The fourth-order valence-corrected chi connectivity index (χ4v) is 2.73. The molecule has 0 radical (unpaired) electrons. The minimum absolute atomic E-state index is 0.147. The lowest BCUT2D eigenvalue weighted by molar-refractivity contribution is 0.102. The number of anilines is 1. The van der Waals surface area contributed by atoms with Crippen molar-refractivity contribution in [2.75, 3.05) is 5.32 Å². The largest absolute Gasteiger partial charge is 0.457 e. The number of rotatable bonds is 5. The maximum atomic E-state index is 12.4. The number of nitrogens with zero attached hydrogens (tertiary/aromatic N) is 1. The van der Waals surface area contributed by atoms with Gasteiger partial charge in [0, 0.05) is 29.3 Å². The van der Waals surface area contributed by atoms with Crippen LogP contribution in [0.15, 0.2) is 103 Å². The molecular formula is C23H18N2O2. The Balaban J connectivity index is 1.40. The Kier molecular flexibility index (Phi) is 4.70. The third-order valence-electron chi connectivity index (χ3n) is 4.12. The minimum atomic E-state index is -0.147. The summed E-state index contributed by atoms with van der Waals surface area (Å²) < 4.78 is 7.75. The second-order valence-electron chi connectivity index (χ2n) is 6.03. The number of ether oxygens (including phenoxy) is 1. The summed E-state index contributed by atoms with van der Waals surface area (Å²) in [7, 11) is 0. The van der Waals surface area contributed by atoms with Crippen molar-refractivity contribution in [2.24, 2.45) is 0 Å². The van der Waals surface area contributed by atoms with Crippen LogP contribution in [0.4, 0.5) is 5.69 Å². The summed E-state index contributed by atoms with van der Waals surface area (Å²) in [6.07, 6.45) is 3.93. The molecule has 4 aromatic rings. The third-order valence-corrected chi connectivity index (χ3v) is 4.12. The van der Waals surface area contributed by atoms with E-state index in [2.05, 4.69) is 5.32 Å². The predicted molar refractivity (Wildman–Crippen MR) is 107 cm³/mol. The van der Waals surface area contributed by atoms with Crippen molar-refractivity contribution in [3.05, 3.63) is 109 Å². The number of para-hydroxylation sites is 1. The van der Waals surface area contributed by atoms with Gasteiger partial charge in [0.2, 0.25) is 0 Å². The second kappa shape index (κ2) is 7.62. The molecule has 1 aromatic heterocycles. The maximum Gasteiger partial charge on any atom is 0.255 e. The Morgan fingerprint density at radius 1 is 0.704 bits per heavy atom. The molecule has 0 fully saturated rings. The van der Waals surface area contributed by atoms with Crippen LogP contribution in [-0.4, -0.2) is 10.5 Å². The van der Waals surface area contributed by atoms with Gasteiger partial charge >= 0.3 is 0 Å².